The van der Waals surface area contributed by atoms with Gasteiger partial charge in [0.1, 0.15) is 11.9 Å². The molecule has 0 aliphatic carbocycles. The van der Waals surface area contributed by atoms with Gasteiger partial charge in [0.05, 0.1) is 10.4 Å². The summed E-state index contributed by atoms with van der Waals surface area (Å²) in [6, 6.07) is 12.8. The first kappa shape index (κ1) is 24.3. The SMILES string of the molecule is C[C@@H]1CN(c2ccc(S(=O)(=O)Nc3nccs3)cc2)CCN1C(=O)[C@H](C)n1ccc2cccc(F)c21.[HH].[HH].[HH]. The Hall–Kier alpha value is -3.44. The minimum atomic E-state index is -3.71. The van der Waals surface area contributed by atoms with E-state index >= 15 is 0 Å². The molecule has 1 fully saturated rings. The van der Waals surface area contributed by atoms with Gasteiger partial charge in [0.2, 0.25) is 5.91 Å². The largest absolute Gasteiger partial charge is 0.368 e. The van der Waals surface area contributed by atoms with Crippen LogP contribution in [0.15, 0.2) is 71.2 Å². The van der Waals surface area contributed by atoms with Crippen LogP contribution < -0.4 is 9.62 Å². The molecule has 8 nitrogen and oxygen atoms in total. The lowest BCUT2D eigenvalue weighted by molar-refractivity contribution is -0.136. The summed E-state index contributed by atoms with van der Waals surface area (Å²) < 4.78 is 43.8. The van der Waals surface area contributed by atoms with Gasteiger partial charge in [0.15, 0.2) is 5.13 Å². The Morgan fingerprint density at radius 2 is 1.97 bits per heavy atom. The number of hydrogen-bond acceptors (Lipinski definition) is 6. The van der Waals surface area contributed by atoms with Crippen molar-refractivity contribution >= 4 is 49.0 Å². The highest BCUT2D eigenvalue weighted by molar-refractivity contribution is 7.93. The third-order valence-electron chi connectivity index (χ3n) is 6.54. The lowest BCUT2D eigenvalue weighted by Gasteiger charge is -2.42. The number of thiazole rings is 1. The smallest absolute Gasteiger partial charge is 0.263 e. The maximum atomic E-state index is 14.5. The Labute approximate surface area is 217 Å². The topological polar surface area (TPSA) is 87.5 Å². The summed E-state index contributed by atoms with van der Waals surface area (Å²) in [6.45, 7) is 5.50. The number of sulfonamides is 1. The summed E-state index contributed by atoms with van der Waals surface area (Å²) >= 11 is 1.21. The molecule has 1 aliphatic rings. The van der Waals surface area contributed by atoms with E-state index in [0.717, 1.165) is 11.1 Å². The third-order valence-corrected chi connectivity index (χ3v) is 8.71. The average Bonchev–Trinajstić information content (AvgIpc) is 3.53. The van der Waals surface area contributed by atoms with Crippen LogP contribution in [0.1, 0.15) is 24.2 Å². The van der Waals surface area contributed by atoms with E-state index in [0.29, 0.717) is 30.3 Å². The fourth-order valence-corrected chi connectivity index (χ4v) is 6.45. The Bertz CT molecular complexity index is 1500. The van der Waals surface area contributed by atoms with Gasteiger partial charge in [0, 0.05) is 58.8 Å². The van der Waals surface area contributed by atoms with Gasteiger partial charge in [0.25, 0.3) is 10.0 Å². The number of rotatable bonds is 6. The number of hydrogen-bond donors (Lipinski definition) is 1. The van der Waals surface area contributed by atoms with Crippen LogP contribution >= 0.6 is 11.3 Å². The highest BCUT2D eigenvalue weighted by atomic mass is 32.2. The van der Waals surface area contributed by atoms with Crippen LogP contribution in [0.5, 0.6) is 0 Å². The van der Waals surface area contributed by atoms with Gasteiger partial charge in [-0.05, 0) is 50.2 Å². The molecule has 1 N–H and O–H groups in total. The van der Waals surface area contributed by atoms with Crippen molar-refractivity contribution in [1.82, 2.24) is 14.5 Å². The van der Waals surface area contributed by atoms with Gasteiger partial charge in [-0.15, -0.1) is 11.3 Å². The van der Waals surface area contributed by atoms with Crippen LogP contribution in [0.2, 0.25) is 0 Å². The van der Waals surface area contributed by atoms with E-state index in [-0.39, 0.29) is 26.9 Å². The molecule has 1 saturated heterocycles. The van der Waals surface area contributed by atoms with E-state index < -0.39 is 16.1 Å². The van der Waals surface area contributed by atoms with E-state index in [4.69, 9.17) is 0 Å². The molecule has 1 aliphatic heterocycles. The Kier molecular flexibility index (Phi) is 6.44. The molecule has 3 heterocycles. The maximum Gasteiger partial charge on any atom is 0.263 e. The van der Waals surface area contributed by atoms with Gasteiger partial charge < -0.3 is 14.4 Å². The van der Waals surface area contributed by atoms with Gasteiger partial charge in [-0.2, -0.15) is 0 Å². The molecule has 0 unspecified atom stereocenters. The average molecular weight is 534 g/mol. The molecule has 1 amide bonds. The summed E-state index contributed by atoms with van der Waals surface area (Å²) in [4.78, 5) is 21.5. The molecule has 0 radical (unpaired) electrons. The molecular formula is C25H32FN5O3S2. The number of para-hydroxylation sites is 1. The molecule has 194 valence electrons. The Morgan fingerprint density at radius 1 is 1.19 bits per heavy atom. The fraction of sp³-hybridized carbons (Fsp3) is 0.280. The number of carbonyl (C=O) groups is 1. The zero-order valence-electron chi connectivity index (χ0n) is 19.8. The van der Waals surface area contributed by atoms with E-state index in [9.17, 15) is 17.6 Å². The van der Waals surface area contributed by atoms with Crippen LogP contribution in [0, 0.1) is 5.82 Å². The molecular weight excluding hydrogens is 501 g/mol. The van der Waals surface area contributed by atoms with E-state index in [2.05, 4.69) is 14.6 Å². The molecule has 5 rings (SSSR count). The molecule has 2 atom stereocenters. The first-order valence-corrected chi connectivity index (χ1v) is 13.9. The second kappa shape index (κ2) is 9.55. The molecule has 11 heteroatoms. The van der Waals surface area contributed by atoms with Crippen molar-refractivity contribution in [2.24, 2.45) is 0 Å². The number of nitrogens with one attached hydrogen (secondary N) is 1. The second-order valence-electron chi connectivity index (χ2n) is 8.84. The summed E-state index contributed by atoms with van der Waals surface area (Å²) in [6.07, 6.45) is 3.30. The highest BCUT2D eigenvalue weighted by Gasteiger charge is 2.31. The van der Waals surface area contributed by atoms with Crippen LogP contribution in [-0.2, 0) is 14.8 Å². The summed E-state index contributed by atoms with van der Waals surface area (Å²) in [7, 11) is -3.71. The van der Waals surface area contributed by atoms with Crippen LogP contribution in [-0.4, -0.2) is 54.5 Å². The number of halogens is 1. The first-order valence-electron chi connectivity index (χ1n) is 11.6. The fourth-order valence-electron chi connectivity index (χ4n) is 4.66. The minimum absolute atomic E-state index is 0. The molecule has 36 heavy (non-hydrogen) atoms. The first-order chi connectivity index (χ1) is 17.2. The third kappa shape index (κ3) is 4.56. The van der Waals surface area contributed by atoms with Gasteiger partial charge >= 0.3 is 0 Å². The van der Waals surface area contributed by atoms with Crippen molar-refractivity contribution in [3.63, 3.8) is 0 Å². The molecule has 0 spiro atoms. The standard InChI is InChI=1S/C25H26FN5O3S2.3H2/c1-17-16-29(20-6-8-21(9-7-20)36(33,34)28-25-27-11-15-35-25)13-14-30(17)24(32)18(2)31-12-10-19-4-3-5-22(26)23(19)31;;;/h3-12,15,17-18H,13-14,16H2,1-2H3,(H,27,28);3*1H/t17-,18+;;;/m1.../s1. The van der Waals surface area contributed by atoms with Crippen LogP contribution in [0.3, 0.4) is 0 Å². The number of aromatic nitrogens is 2. The number of piperazine rings is 1. The lowest BCUT2D eigenvalue weighted by Crippen LogP contribution is -2.55. The van der Waals surface area contributed by atoms with Gasteiger partial charge in [-0.3, -0.25) is 9.52 Å². The van der Waals surface area contributed by atoms with Crippen molar-refractivity contribution in [2.45, 2.75) is 30.8 Å². The van der Waals surface area contributed by atoms with E-state index in [1.807, 2.05) is 24.0 Å². The Balaban J connectivity index is 0.00000178. The monoisotopic (exact) mass is 533 g/mol. The molecule has 4 aromatic rings. The van der Waals surface area contributed by atoms with Crippen LogP contribution in [0.4, 0.5) is 15.2 Å². The normalized spacial score (nSPS) is 17.4. The van der Waals surface area contributed by atoms with Gasteiger partial charge in [-0.1, -0.05) is 12.1 Å². The number of nitrogens with zero attached hydrogens (tertiary/aromatic N) is 4. The molecule has 0 saturated carbocycles. The summed E-state index contributed by atoms with van der Waals surface area (Å²) in [5.74, 6) is -0.403. The minimum Gasteiger partial charge on any atom is -0.368 e. The van der Waals surface area contributed by atoms with Crippen LogP contribution in [0.25, 0.3) is 10.9 Å². The van der Waals surface area contributed by atoms with Crippen molar-refractivity contribution in [3.05, 3.63) is 72.1 Å². The number of fused-ring (bicyclic) bond motifs is 1. The van der Waals surface area contributed by atoms with Crippen molar-refractivity contribution < 1.29 is 21.9 Å². The van der Waals surface area contributed by atoms with E-state index in [1.165, 1.54) is 23.6 Å². The Morgan fingerprint density at radius 3 is 2.67 bits per heavy atom. The quantitative estimate of drug-likeness (QED) is 0.374. The molecule has 2 aromatic heterocycles. The summed E-state index contributed by atoms with van der Waals surface area (Å²) in [5.41, 5.74) is 1.32. The molecule has 2 aromatic carbocycles. The van der Waals surface area contributed by atoms with Crippen molar-refractivity contribution in [1.29, 1.82) is 0 Å². The predicted molar refractivity (Wildman–Crippen MR) is 146 cm³/mol. The number of amides is 1. The van der Waals surface area contributed by atoms with Crippen molar-refractivity contribution in [2.75, 3.05) is 29.3 Å². The zero-order chi connectivity index (χ0) is 25.4. The number of benzene rings is 2. The second-order valence-corrected chi connectivity index (χ2v) is 11.4. The number of anilines is 2. The van der Waals surface area contributed by atoms with E-state index in [1.54, 1.807) is 53.4 Å². The number of carbonyl (C=O) groups excluding carboxylic acids is 1. The summed E-state index contributed by atoms with van der Waals surface area (Å²) in [5, 5.41) is 2.78. The highest BCUT2D eigenvalue weighted by Crippen LogP contribution is 2.27. The zero-order valence-corrected chi connectivity index (χ0v) is 21.5. The molecule has 0 bridgehead atoms. The maximum absolute atomic E-state index is 14.5. The van der Waals surface area contributed by atoms with Gasteiger partial charge in [-0.25, -0.2) is 17.8 Å². The predicted octanol–water partition coefficient (Wildman–Crippen LogP) is 5.07. The lowest BCUT2D eigenvalue weighted by atomic mass is 10.1. The van der Waals surface area contributed by atoms with Crippen molar-refractivity contribution in [3.8, 4) is 0 Å².